The van der Waals surface area contributed by atoms with E-state index in [1.54, 1.807) is 28.0 Å². The monoisotopic (exact) mass is 423 g/mol. The Bertz CT molecular complexity index is 774. The highest BCUT2D eigenvalue weighted by Crippen LogP contribution is 2.26. The maximum atomic E-state index is 12.5. The van der Waals surface area contributed by atoms with E-state index in [1.807, 2.05) is 0 Å². The highest BCUT2D eigenvalue weighted by atomic mass is 79.9. The van der Waals surface area contributed by atoms with Crippen LogP contribution in [0.2, 0.25) is 0 Å². The van der Waals surface area contributed by atoms with E-state index in [1.165, 1.54) is 7.11 Å². The number of hydrogen-bond acceptors (Lipinski definition) is 5. The molecule has 4 amide bonds. The fourth-order valence-electron chi connectivity index (χ4n) is 3.06. The fraction of sp³-hybridized carbons (Fsp3) is 0.412. The van der Waals surface area contributed by atoms with E-state index in [2.05, 4.69) is 15.9 Å². The normalized spacial score (nSPS) is 16.9. The standard InChI is InChI=1S/C17H18BrN3O5/c1-26-10-15(23)20-6-4-19(5-7-20)14(22)9-21-16(24)12-3-2-11(18)8-13(12)17(21)25/h2-3,8H,4-7,9-10H2,1H3. The van der Waals surface area contributed by atoms with Crippen LogP contribution in [0.3, 0.4) is 0 Å². The number of fused-ring (bicyclic) bond motifs is 1. The molecule has 0 bridgehead atoms. The first kappa shape index (κ1) is 18.5. The molecule has 0 spiro atoms. The first-order valence-corrected chi connectivity index (χ1v) is 8.92. The molecular weight excluding hydrogens is 406 g/mol. The Kier molecular flexibility index (Phi) is 5.38. The molecule has 0 atom stereocenters. The minimum Gasteiger partial charge on any atom is -0.375 e. The lowest BCUT2D eigenvalue weighted by Crippen LogP contribution is -2.53. The van der Waals surface area contributed by atoms with Gasteiger partial charge in [0.1, 0.15) is 13.2 Å². The third-order valence-corrected chi connectivity index (χ3v) is 4.97. The van der Waals surface area contributed by atoms with Crippen molar-refractivity contribution in [2.24, 2.45) is 0 Å². The molecule has 2 aliphatic rings. The number of ether oxygens (including phenoxy) is 1. The smallest absolute Gasteiger partial charge is 0.262 e. The number of carbonyl (C=O) groups excluding carboxylic acids is 4. The van der Waals surface area contributed by atoms with Gasteiger partial charge in [0.15, 0.2) is 0 Å². The van der Waals surface area contributed by atoms with Gasteiger partial charge in [0.05, 0.1) is 11.1 Å². The molecule has 3 rings (SSSR count). The van der Waals surface area contributed by atoms with Gasteiger partial charge in [0.25, 0.3) is 11.8 Å². The van der Waals surface area contributed by atoms with Crippen LogP contribution in [0.5, 0.6) is 0 Å². The predicted molar refractivity (Wildman–Crippen MR) is 94.5 cm³/mol. The van der Waals surface area contributed by atoms with Gasteiger partial charge in [-0.15, -0.1) is 0 Å². The van der Waals surface area contributed by atoms with Crippen LogP contribution in [0.25, 0.3) is 0 Å². The average Bonchev–Trinajstić information content (AvgIpc) is 2.86. The van der Waals surface area contributed by atoms with Gasteiger partial charge in [0.2, 0.25) is 11.8 Å². The molecule has 1 saturated heterocycles. The molecule has 0 aromatic heterocycles. The van der Waals surface area contributed by atoms with Crippen LogP contribution < -0.4 is 0 Å². The Morgan fingerprint density at radius 2 is 1.58 bits per heavy atom. The highest BCUT2D eigenvalue weighted by molar-refractivity contribution is 9.10. The van der Waals surface area contributed by atoms with Gasteiger partial charge in [-0.3, -0.25) is 24.1 Å². The van der Waals surface area contributed by atoms with Crippen molar-refractivity contribution in [3.05, 3.63) is 33.8 Å². The Hall–Kier alpha value is -2.26. The minimum atomic E-state index is -0.464. The topological polar surface area (TPSA) is 87.2 Å². The Labute approximate surface area is 158 Å². The van der Waals surface area contributed by atoms with Crippen LogP contribution in [0, 0.1) is 0 Å². The number of piperazine rings is 1. The summed E-state index contributed by atoms with van der Waals surface area (Å²) in [7, 11) is 1.46. The average molecular weight is 424 g/mol. The predicted octanol–water partition coefficient (Wildman–Crippen LogP) is 0.362. The summed E-state index contributed by atoms with van der Waals surface area (Å²) in [4.78, 5) is 53.3. The molecule has 0 unspecified atom stereocenters. The molecule has 0 aliphatic carbocycles. The molecule has 8 nitrogen and oxygen atoms in total. The first-order chi connectivity index (χ1) is 12.4. The third kappa shape index (κ3) is 3.49. The number of amides is 4. The second-order valence-corrected chi connectivity index (χ2v) is 7.00. The van der Waals surface area contributed by atoms with E-state index in [9.17, 15) is 19.2 Å². The molecule has 26 heavy (non-hydrogen) atoms. The van der Waals surface area contributed by atoms with E-state index in [0.717, 1.165) is 4.90 Å². The van der Waals surface area contributed by atoms with Crippen molar-refractivity contribution < 1.29 is 23.9 Å². The molecule has 1 aromatic carbocycles. The largest absolute Gasteiger partial charge is 0.375 e. The summed E-state index contributed by atoms with van der Waals surface area (Å²) in [5.41, 5.74) is 0.605. The summed E-state index contributed by atoms with van der Waals surface area (Å²) in [5.74, 6) is -1.35. The summed E-state index contributed by atoms with van der Waals surface area (Å²) in [6.07, 6.45) is 0. The van der Waals surface area contributed by atoms with Crippen molar-refractivity contribution in [3.8, 4) is 0 Å². The number of rotatable bonds is 4. The number of halogens is 1. The van der Waals surface area contributed by atoms with Gasteiger partial charge in [0, 0.05) is 37.8 Å². The number of carbonyl (C=O) groups is 4. The van der Waals surface area contributed by atoms with Crippen molar-refractivity contribution in [3.63, 3.8) is 0 Å². The van der Waals surface area contributed by atoms with Gasteiger partial charge < -0.3 is 14.5 Å². The fourth-order valence-corrected chi connectivity index (χ4v) is 3.42. The molecule has 1 fully saturated rings. The number of methoxy groups -OCH3 is 1. The van der Waals surface area contributed by atoms with Crippen molar-refractivity contribution in [1.29, 1.82) is 0 Å². The summed E-state index contributed by atoms with van der Waals surface area (Å²) in [5, 5.41) is 0. The Balaban J connectivity index is 1.60. The summed E-state index contributed by atoms with van der Waals surface area (Å²) in [6, 6.07) is 4.84. The second kappa shape index (κ2) is 7.55. The molecule has 9 heteroatoms. The van der Waals surface area contributed by atoms with Crippen molar-refractivity contribution in [2.45, 2.75) is 0 Å². The van der Waals surface area contributed by atoms with Crippen molar-refractivity contribution >= 4 is 39.6 Å². The van der Waals surface area contributed by atoms with Gasteiger partial charge in [-0.1, -0.05) is 15.9 Å². The Morgan fingerprint density at radius 3 is 2.19 bits per heavy atom. The number of benzene rings is 1. The zero-order chi connectivity index (χ0) is 18.8. The van der Waals surface area contributed by atoms with Gasteiger partial charge >= 0.3 is 0 Å². The van der Waals surface area contributed by atoms with Crippen LogP contribution in [-0.4, -0.2) is 84.8 Å². The van der Waals surface area contributed by atoms with Gasteiger partial charge in [-0.05, 0) is 18.2 Å². The van der Waals surface area contributed by atoms with Crippen LogP contribution >= 0.6 is 15.9 Å². The lowest BCUT2D eigenvalue weighted by atomic mass is 10.1. The summed E-state index contributed by atoms with van der Waals surface area (Å²) in [6.45, 7) is 1.26. The van der Waals surface area contributed by atoms with Crippen LogP contribution in [0.1, 0.15) is 20.7 Å². The lowest BCUT2D eigenvalue weighted by molar-refractivity contribution is -0.141. The highest BCUT2D eigenvalue weighted by Gasteiger charge is 2.37. The molecule has 1 aromatic rings. The molecule has 0 saturated carbocycles. The zero-order valence-electron chi connectivity index (χ0n) is 14.2. The van der Waals surface area contributed by atoms with Crippen LogP contribution in [0.4, 0.5) is 0 Å². The van der Waals surface area contributed by atoms with Crippen LogP contribution in [0.15, 0.2) is 22.7 Å². The van der Waals surface area contributed by atoms with Crippen molar-refractivity contribution in [1.82, 2.24) is 14.7 Å². The number of nitrogens with zero attached hydrogens (tertiary/aromatic N) is 3. The molecule has 0 N–H and O–H groups in total. The van der Waals surface area contributed by atoms with Gasteiger partial charge in [-0.25, -0.2) is 0 Å². The van der Waals surface area contributed by atoms with E-state index in [0.29, 0.717) is 41.8 Å². The molecule has 2 aliphatic heterocycles. The number of hydrogen-bond donors (Lipinski definition) is 0. The van der Waals surface area contributed by atoms with E-state index < -0.39 is 11.8 Å². The van der Waals surface area contributed by atoms with E-state index in [4.69, 9.17) is 4.74 Å². The summed E-state index contributed by atoms with van der Waals surface area (Å²) < 4.78 is 5.52. The van der Waals surface area contributed by atoms with E-state index in [-0.39, 0.29) is 25.0 Å². The Morgan fingerprint density at radius 1 is 1.00 bits per heavy atom. The van der Waals surface area contributed by atoms with E-state index >= 15 is 0 Å². The second-order valence-electron chi connectivity index (χ2n) is 6.08. The lowest BCUT2D eigenvalue weighted by Gasteiger charge is -2.35. The summed E-state index contributed by atoms with van der Waals surface area (Å²) >= 11 is 3.28. The van der Waals surface area contributed by atoms with Crippen molar-refractivity contribution in [2.75, 3.05) is 46.4 Å². The molecule has 138 valence electrons. The maximum Gasteiger partial charge on any atom is 0.262 e. The van der Waals surface area contributed by atoms with Gasteiger partial charge in [-0.2, -0.15) is 0 Å². The molecular formula is C17H18BrN3O5. The molecule has 2 heterocycles. The first-order valence-electron chi connectivity index (χ1n) is 8.12. The quantitative estimate of drug-likeness (QED) is 0.652. The molecule has 0 radical (unpaired) electrons. The minimum absolute atomic E-state index is 0.0124. The SMILES string of the molecule is COCC(=O)N1CCN(C(=O)CN2C(=O)c3ccc(Br)cc3C2=O)CC1. The maximum absolute atomic E-state index is 12.5. The third-order valence-electron chi connectivity index (χ3n) is 4.48. The van der Waals surface area contributed by atoms with Crippen LogP contribution in [-0.2, 0) is 14.3 Å². The zero-order valence-corrected chi connectivity index (χ0v) is 15.8. The number of imide groups is 1.